The first-order valence-electron chi connectivity index (χ1n) is 11.8. The van der Waals surface area contributed by atoms with E-state index in [0.717, 1.165) is 16.6 Å². The fraction of sp³-hybridized carbons (Fsp3) is 0.133. The van der Waals surface area contributed by atoms with E-state index in [0.29, 0.717) is 50.2 Å². The molecule has 0 spiro atoms. The maximum absolute atomic E-state index is 12.6. The van der Waals surface area contributed by atoms with E-state index in [4.69, 9.17) is 32.0 Å². The van der Waals surface area contributed by atoms with Crippen molar-refractivity contribution >= 4 is 52.0 Å². The number of hydrogen-bond donors (Lipinski definition) is 1. The van der Waals surface area contributed by atoms with Crippen LogP contribution in [0, 0.1) is 6.92 Å². The van der Waals surface area contributed by atoms with Gasteiger partial charge in [0.15, 0.2) is 5.58 Å². The summed E-state index contributed by atoms with van der Waals surface area (Å²) in [5.41, 5.74) is 5.70. The summed E-state index contributed by atoms with van der Waals surface area (Å²) in [5, 5.41) is 3.89. The molecule has 7 heteroatoms. The Labute approximate surface area is 224 Å². The second-order valence-electron chi connectivity index (χ2n) is 9.08. The molecule has 1 amide bonds. The Bertz CT molecular complexity index is 1650. The molecule has 2 heterocycles. The van der Waals surface area contributed by atoms with Crippen LogP contribution in [0.3, 0.4) is 0 Å². The highest BCUT2D eigenvalue weighted by atomic mass is 35.5. The topological polar surface area (TPSA) is 68.3 Å². The molecule has 0 unspecified atom stereocenters. The van der Waals surface area contributed by atoms with Gasteiger partial charge in [0.25, 0.3) is 0 Å². The summed E-state index contributed by atoms with van der Waals surface area (Å²) in [6.07, 6.45) is 2.99. The maximum atomic E-state index is 12.6. The Morgan fingerprint density at radius 2 is 1.73 bits per heavy atom. The zero-order valence-electron chi connectivity index (χ0n) is 20.5. The number of oxazole rings is 1. The van der Waals surface area contributed by atoms with E-state index in [1.54, 1.807) is 24.3 Å². The number of carbonyl (C=O) groups excluding carboxylic acids is 1. The molecule has 5 rings (SSSR count). The lowest BCUT2D eigenvalue weighted by molar-refractivity contribution is -0.111. The first-order chi connectivity index (χ1) is 17.8. The predicted octanol–water partition coefficient (Wildman–Crippen LogP) is 9.15. The lowest BCUT2D eigenvalue weighted by Crippen LogP contribution is -2.08. The zero-order valence-corrected chi connectivity index (χ0v) is 22.0. The summed E-state index contributed by atoms with van der Waals surface area (Å²) in [4.78, 5) is 17.3. The molecule has 0 atom stereocenters. The number of benzene rings is 3. The van der Waals surface area contributed by atoms with Crippen LogP contribution >= 0.6 is 23.2 Å². The molecule has 5 aromatic rings. The number of fused-ring (bicyclic) bond motifs is 1. The Balaban J connectivity index is 1.31. The van der Waals surface area contributed by atoms with Crippen LogP contribution in [0.2, 0.25) is 10.0 Å². The Kier molecular flexibility index (Phi) is 6.92. The number of nitrogens with one attached hydrogen (secondary N) is 1. The molecule has 0 aliphatic carbocycles. The Morgan fingerprint density at radius 3 is 2.51 bits per heavy atom. The number of furan rings is 1. The van der Waals surface area contributed by atoms with E-state index >= 15 is 0 Å². The van der Waals surface area contributed by atoms with Crippen LogP contribution in [0.5, 0.6) is 0 Å². The molecule has 0 aliphatic rings. The predicted molar refractivity (Wildman–Crippen MR) is 150 cm³/mol. The van der Waals surface area contributed by atoms with Gasteiger partial charge in [-0.15, -0.1) is 0 Å². The molecule has 37 heavy (non-hydrogen) atoms. The number of aryl methyl sites for hydroxylation is 1. The SMILES string of the molecule is Cc1ccc(-c2ccc(C=CC(=O)Nc3cc(-c4nc5cc(C(C)C)ccc5o4)ccc3Cl)o2)cc1Cl. The number of amides is 1. The summed E-state index contributed by atoms with van der Waals surface area (Å²) in [7, 11) is 0. The molecule has 0 bridgehead atoms. The van der Waals surface area contributed by atoms with Gasteiger partial charge in [-0.05, 0) is 78.6 Å². The van der Waals surface area contributed by atoms with E-state index in [1.807, 2.05) is 55.5 Å². The van der Waals surface area contributed by atoms with Crippen LogP contribution in [0.25, 0.3) is 40.0 Å². The molecule has 5 nitrogen and oxygen atoms in total. The quantitative estimate of drug-likeness (QED) is 0.222. The Morgan fingerprint density at radius 1 is 0.919 bits per heavy atom. The lowest BCUT2D eigenvalue weighted by Gasteiger charge is -2.06. The average molecular weight is 531 g/mol. The number of anilines is 1. The van der Waals surface area contributed by atoms with Crippen molar-refractivity contribution in [3.8, 4) is 22.8 Å². The molecule has 0 aliphatic heterocycles. The standard InChI is InChI=1S/C30H24Cl2N2O3/c1-17(2)19-7-11-28-26(15-19)34-30(37-28)21-6-10-23(31)25(16-21)33-29(35)13-9-22-8-12-27(36-22)20-5-4-18(3)24(32)14-20/h4-17H,1-3H3,(H,33,35). The van der Waals surface area contributed by atoms with E-state index in [1.165, 1.54) is 11.6 Å². The third kappa shape index (κ3) is 5.48. The first kappa shape index (κ1) is 24.9. The lowest BCUT2D eigenvalue weighted by atomic mass is 10.0. The van der Waals surface area contributed by atoms with E-state index in [-0.39, 0.29) is 5.91 Å². The molecule has 186 valence electrons. The van der Waals surface area contributed by atoms with Crippen molar-refractivity contribution in [2.45, 2.75) is 26.7 Å². The summed E-state index contributed by atoms with van der Waals surface area (Å²) in [5.74, 6) is 1.70. The molecule has 0 fully saturated rings. The molecule has 1 N–H and O–H groups in total. The van der Waals surface area contributed by atoms with Gasteiger partial charge in [0.1, 0.15) is 17.0 Å². The first-order valence-corrected chi connectivity index (χ1v) is 12.6. The molecule has 2 aromatic heterocycles. The van der Waals surface area contributed by atoms with Gasteiger partial charge in [0.2, 0.25) is 11.8 Å². The zero-order chi connectivity index (χ0) is 26.1. The van der Waals surface area contributed by atoms with Gasteiger partial charge >= 0.3 is 0 Å². The van der Waals surface area contributed by atoms with Crippen molar-refractivity contribution in [2.75, 3.05) is 5.32 Å². The summed E-state index contributed by atoms with van der Waals surface area (Å²) >= 11 is 12.6. The number of carbonyl (C=O) groups is 1. The summed E-state index contributed by atoms with van der Waals surface area (Å²) in [6.45, 7) is 6.21. The van der Waals surface area contributed by atoms with E-state index in [9.17, 15) is 4.79 Å². The van der Waals surface area contributed by atoms with Crippen LogP contribution < -0.4 is 5.32 Å². The van der Waals surface area contributed by atoms with Crippen molar-refractivity contribution in [1.29, 1.82) is 0 Å². The van der Waals surface area contributed by atoms with Crippen molar-refractivity contribution in [3.05, 3.63) is 99.7 Å². The van der Waals surface area contributed by atoms with Gasteiger partial charge in [0.05, 0.1) is 10.7 Å². The number of nitrogens with zero attached hydrogens (tertiary/aromatic N) is 1. The van der Waals surface area contributed by atoms with Gasteiger partial charge in [0, 0.05) is 22.2 Å². The minimum atomic E-state index is -0.352. The van der Waals surface area contributed by atoms with Crippen molar-refractivity contribution < 1.29 is 13.6 Å². The molecular weight excluding hydrogens is 507 g/mol. The highest BCUT2D eigenvalue weighted by Gasteiger charge is 2.13. The van der Waals surface area contributed by atoms with Gasteiger partial charge in [-0.1, -0.05) is 55.2 Å². The summed E-state index contributed by atoms with van der Waals surface area (Å²) in [6, 6.07) is 20.6. The molecular formula is C30H24Cl2N2O3. The molecule has 0 saturated carbocycles. The number of halogens is 2. The highest BCUT2D eigenvalue weighted by molar-refractivity contribution is 6.34. The third-order valence-corrected chi connectivity index (χ3v) is 6.77. The van der Waals surface area contributed by atoms with Crippen LogP contribution in [0.1, 0.15) is 36.7 Å². The largest absolute Gasteiger partial charge is 0.457 e. The van der Waals surface area contributed by atoms with Crippen LogP contribution in [-0.2, 0) is 4.79 Å². The van der Waals surface area contributed by atoms with Crippen LogP contribution in [0.15, 0.2) is 81.6 Å². The summed E-state index contributed by atoms with van der Waals surface area (Å²) < 4.78 is 11.8. The smallest absolute Gasteiger partial charge is 0.248 e. The van der Waals surface area contributed by atoms with Gasteiger partial charge < -0.3 is 14.2 Å². The van der Waals surface area contributed by atoms with Gasteiger partial charge in [-0.3, -0.25) is 4.79 Å². The monoisotopic (exact) mass is 530 g/mol. The number of rotatable bonds is 6. The minimum Gasteiger partial charge on any atom is -0.457 e. The third-order valence-electron chi connectivity index (χ3n) is 6.03. The average Bonchev–Trinajstić information content (AvgIpc) is 3.52. The van der Waals surface area contributed by atoms with Crippen molar-refractivity contribution in [3.63, 3.8) is 0 Å². The van der Waals surface area contributed by atoms with Gasteiger partial charge in [-0.2, -0.15) is 0 Å². The second kappa shape index (κ2) is 10.3. The number of hydrogen-bond acceptors (Lipinski definition) is 4. The van der Waals surface area contributed by atoms with E-state index in [2.05, 4.69) is 24.1 Å². The van der Waals surface area contributed by atoms with Crippen LogP contribution in [-0.4, -0.2) is 10.9 Å². The highest BCUT2D eigenvalue weighted by Crippen LogP contribution is 2.32. The fourth-order valence-corrected chi connectivity index (χ4v) is 4.20. The number of aromatic nitrogens is 1. The molecule has 0 radical (unpaired) electrons. The Hall–Kier alpha value is -3.80. The maximum Gasteiger partial charge on any atom is 0.248 e. The minimum absolute atomic E-state index is 0.352. The van der Waals surface area contributed by atoms with Crippen molar-refractivity contribution in [1.82, 2.24) is 4.98 Å². The van der Waals surface area contributed by atoms with Gasteiger partial charge in [-0.25, -0.2) is 4.98 Å². The fourth-order valence-electron chi connectivity index (χ4n) is 3.86. The van der Waals surface area contributed by atoms with Crippen molar-refractivity contribution in [2.24, 2.45) is 0 Å². The van der Waals surface area contributed by atoms with E-state index < -0.39 is 0 Å². The second-order valence-corrected chi connectivity index (χ2v) is 9.90. The molecule has 0 saturated heterocycles. The molecule has 3 aromatic carbocycles. The normalized spacial score (nSPS) is 11.6. The van der Waals surface area contributed by atoms with Crippen LogP contribution in [0.4, 0.5) is 5.69 Å².